The maximum Gasteiger partial charge on any atom is 0.183 e. The van der Waals surface area contributed by atoms with Gasteiger partial charge in [0, 0.05) is 21.5 Å². The van der Waals surface area contributed by atoms with E-state index in [4.69, 9.17) is 0 Å². The van der Waals surface area contributed by atoms with E-state index in [0.29, 0.717) is 0 Å². The Balaban J connectivity index is 2.29. The number of halogens is 1. The first-order valence-corrected chi connectivity index (χ1v) is 6.90. The fourth-order valence-corrected chi connectivity index (χ4v) is 2.61. The lowest BCUT2D eigenvalue weighted by atomic mass is 10.1. The number of thiazole rings is 1. The van der Waals surface area contributed by atoms with Crippen LogP contribution in [0.25, 0.3) is 11.3 Å². The first-order chi connectivity index (χ1) is 8.20. The van der Waals surface area contributed by atoms with Gasteiger partial charge in [-0.15, -0.1) is 17.9 Å². The summed E-state index contributed by atoms with van der Waals surface area (Å²) in [5, 5.41) is 4.16. The maximum atomic E-state index is 4.59. The van der Waals surface area contributed by atoms with Crippen molar-refractivity contribution in [2.24, 2.45) is 0 Å². The average Bonchev–Trinajstić information content (AvgIpc) is 2.69. The van der Waals surface area contributed by atoms with Gasteiger partial charge in [0.05, 0.1) is 5.69 Å². The predicted octanol–water partition coefficient (Wildman–Crippen LogP) is 4.48. The third-order valence-electron chi connectivity index (χ3n) is 2.31. The Bertz CT molecular complexity index is 517. The summed E-state index contributed by atoms with van der Waals surface area (Å²) >= 11 is 5.11. The van der Waals surface area contributed by atoms with E-state index < -0.39 is 0 Å². The topological polar surface area (TPSA) is 24.9 Å². The molecule has 0 radical (unpaired) electrons. The normalized spacial score (nSPS) is 10.2. The van der Waals surface area contributed by atoms with Gasteiger partial charge in [-0.05, 0) is 19.1 Å². The summed E-state index contributed by atoms with van der Waals surface area (Å²) in [5.41, 5.74) is 2.20. The smallest absolute Gasteiger partial charge is 0.183 e. The van der Waals surface area contributed by atoms with Crippen molar-refractivity contribution >= 4 is 32.4 Å². The standard InChI is InChI=1S/C13H13BrN2S/c1-3-8-15-13-16-12(9(2)17-13)10-4-6-11(14)7-5-10/h3-7H,1,8H2,2H3,(H,15,16). The molecule has 0 saturated carbocycles. The molecule has 17 heavy (non-hydrogen) atoms. The summed E-state index contributed by atoms with van der Waals surface area (Å²) < 4.78 is 1.08. The molecule has 0 aliphatic carbocycles. The van der Waals surface area contributed by atoms with Crippen LogP contribution in [-0.2, 0) is 0 Å². The van der Waals surface area contributed by atoms with Crippen LogP contribution < -0.4 is 5.32 Å². The predicted molar refractivity (Wildman–Crippen MR) is 78.7 cm³/mol. The molecule has 0 unspecified atom stereocenters. The third kappa shape index (κ3) is 2.96. The molecular weight excluding hydrogens is 296 g/mol. The molecule has 0 saturated heterocycles. The number of nitrogens with one attached hydrogen (secondary N) is 1. The summed E-state index contributed by atoms with van der Waals surface area (Å²) in [7, 11) is 0. The van der Waals surface area contributed by atoms with Gasteiger partial charge in [0.15, 0.2) is 5.13 Å². The van der Waals surface area contributed by atoms with Crippen molar-refractivity contribution in [2.45, 2.75) is 6.92 Å². The van der Waals surface area contributed by atoms with Crippen LogP contribution in [0.2, 0.25) is 0 Å². The molecule has 0 bridgehead atoms. The van der Waals surface area contributed by atoms with Crippen molar-refractivity contribution in [1.82, 2.24) is 4.98 Å². The molecule has 4 heteroatoms. The van der Waals surface area contributed by atoms with Crippen molar-refractivity contribution in [3.8, 4) is 11.3 Å². The van der Waals surface area contributed by atoms with E-state index in [9.17, 15) is 0 Å². The van der Waals surface area contributed by atoms with Gasteiger partial charge >= 0.3 is 0 Å². The summed E-state index contributed by atoms with van der Waals surface area (Å²) in [6.45, 7) is 6.52. The molecule has 2 aromatic rings. The lowest BCUT2D eigenvalue weighted by Crippen LogP contribution is -1.96. The first-order valence-electron chi connectivity index (χ1n) is 5.29. The highest BCUT2D eigenvalue weighted by molar-refractivity contribution is 9.10. The number of hydrogen-bond donors (Lipinski definition) is 1. The Morgan fingerprint density at radius 2 is 2.12 bits per heavy atom. The Morgan fingerprint density at radius 3 is 2.76 bits per heavy atom. The van der Waals surface area contributed by atoms with Crippen molar-refractivity contribution in [1.29, 1.82) is 0 Å². The van der Waals surface area contributed by atoms with Crippen LogP contribution in [0.1, 0.15) is 4.88 Å². The molecule has 1 aromatic carbocycles. The van der Waals surface area contributed by atoms with Crippen LogP contribution in [0.15, 0.2) is 41.4 Å². The van der Waals surface area contributed by atoms with Crippen molar-refractivity contribution in [3.05, 3.63) is 46.3 Å². The Labute approximate surface area is 114 Å². The van der Waals surface area contributed by atoms with Gasteiger partial charge in [-0.2, -0.15) is 0 Å². The van der Waals surface area contributed by atoms with Gasteiger partial charge in [0.2, 0.25) is 0 Å². The highest BCUT2D eigenvalue weighted by atomic mass is 79.9. The highest BCUT2D eigenvalue weighted by Crippen LogP contribution is 2.30. The number of aromatic nitrogens is 1. The first kappa shape index (κ1) is 12.3. The number of anilines is 1. The molecule has 2 rings (SSSR count). The van der Waals surface area contributed by atoms with Crippen molar-refractivity contribution in [2.75, 3.05) is 11.9 Å². The SMILES string of the molecule is C=CCNc1nc(-c2ccc(Br)cc2)c(C)s1. The monoisotopic (exact) mass is 308 g/mol. The molecule has 88 valence electrons. The zero-order valence-corrected chi connectivity index (χ0v) is 11.9. The van der Waals surface area contributed by atoms with E-state index >= 15 is 0 Å². The van der Waals surface area contributed by atoms with Crippen molar-refractivity contribution in [3.63, 3.8) is 0 Å². The third-order valence-corrected chi connectivity index (χ3v) is 3.77. The average molecular weight is 309 g/mol. The lowest BCUT2D eigenvalue weighted by molar-refractivity contribution is 1.28. The van der Waals surface area contributed by atoms with E-state index in [1.54, 1.807) is 11.3 Å². The number of hydrogen-bond acceptors (Lipinski definition) is 3. The zero-order chi connectivity index (χ0) is 12.3. The molecule has 0 amide bonds. The van der Waals surface area contributed by atoms with Crippen molar-refractivity contribution < 1.29 is 0 Å². The lowest BCUT2D eigenvalue weighted by Gasteiger charge is -1.98. The zero-order valence-electron chi connectivity index (χ0n) is 9.53. The molecule has 1 N–H and O–H groups in total. The van der Waals surface area contributed by atoms with Gasteiger partial charge in [0.1, 0.15) is 0 Å². The fraction of sp³-hybridized carbons (Fsp3) is 0.154. The second-order valence-electron chi connectivity index (χ2n) is 3.60. The van der Waals surface area contributed by atoms with E-state index in [1.165, 1.54) is 4.88 Å². The Morgan fingerprint density at radius 1 is 1.41 bits per heavy atom. The van der Waals surface area contributed by atoms with Crippen LogP contribution in [0.4, 0.5) is 5.13 Å². The van der Waals surface area contributed by atoms with E-state index in [-0.39, 0.29) is 0 Å². The molecule has 2 nitrogen and oxygen atoms in total. The molecule has 1 aromatic heterocycles. The van der Waals surface area contributed by atoms with Gasteiger partial charge in [-0.1, -0.05) is 34.1 Å². The highest BCUT2D eigenvalue weighted by Gasteiger charge is 2.08. The van der Waals surface area contributed by atoms with Crippen LogP contribution in [0.3, 0.4) is 0 Å². The van der Waals surface area contributed by atoms with E-state index in [0.717, 1.165) is 27.4 Å². The summed E-state index contributed by atoms with van der Waals surface area (Å²) in [4.78, 5) is 5.81. The molecule has 0 aliphatic rings. The van der Waals surface area contributed by atoms with E-state index in [2.05, 4.69) is 51.9 Å². The largest absolute Gasteiger partial charge is 0.358 e. The minimum atomic E-state index is 0.743. The minimum Gasteiger partial charge on any atom is -0.358 e. The minimum absolute atomic E-state index is 0.743. The quantitative estimate of drug-likeness (QED) is 0.842. The van der Waals surface area contributed by atoms with Crippen LogP contribution in [0.5, 0.6) is 0 Å². The van der Waals surface area contributed by atoms with E-state index in [1.807, 2.05) is 18.2 Å². The van der Waals surface area contributed by atoms with Gasteiger partial charge in [-0.3, -0.25) is 0 Å². The van der Waals surface area contributed by atoms with Gasteiger partial charge < -0.3 is 5.32 Å². The second kappa shape index (κ2) is 5.47. The number of rotatable bonds is 4. The van der Waals surface area contributed by atoms with Crippen LogP contribution in [-0.4, -0.2) is 11.5 Å². The summed E-state index contributed by atoms with van der Waals surface area (Å²) in [6, 6.07) is 8.21. The molecular formula is C13H13BrN2S. The maximum absolute atomic E-state index is 4.59. The number of benzene rings is 1. The summed E-state index contributed by atoms with van der Waals surface area (Å²) in [6.07, 6.45) is 1.83. The molecule has 0 atom stereocenters. The Hall–Kier alpha value is -1.13. The van der Waals surface area contributed by atoms with Crippen LogP contribution in [0, 0.1) is 6.92 Å². The van der Waals surface area contributed by atoms with Gasteiger partial charge in [-0.25, -0.2) is 4.98 Å². The molecule has 0 fully saturated rings. The number of aryl methyl sites for hydroxylation is 1. The molecule has 0 aliphatic heterocycles. The molecule has 0 spiro atoms. The molecule has 1 heterocycles. The second-order valence-corrected chi connectivity index (χ2v) is 5.72. The van der Waals surface area contributed by atoms with Crippen LogP contribution >= 0.6 is 27.3 Å². The fourth-order valence-electron chi connectivity index (χ4n) is 1.51. The summed E-state index contributed by atoms with van der Waals surface area (Å²) in [5.74, 6) is 0. The Kier molecular flexibility index (Phi) is 3.97. The van der Waals surface area contributed by atoms with Gasteiger partial charge in [0.25, 0.3) is 0 Å². The number of nitrogens with zero attached hydrogens (tertiary/aromatic N) is 1.